The Bertz CT molecular complexity index is 849. The molecule has 142 valence electrons. The maximum absolute atomic E-state index is 12.8. The first-order chi connectivity index (χ1) is 13.1. The molecule has 2 aromatic rings. The fourth-order valence-corrected chi connectivity index (χ4v) is 3.30. The van der Waals surface area contributed by atoms with Gasteiger partial charge in [0, 0.05) is 50.0 Å². The Hall–Kier alpha value is -3.03. The minimum atomic E-state index is 0.0140. The number of hydrogen-bond donors (Lipinski definition) is 1. The molecule has 4 rings (SSSR count). The number of hydrogen-bond acceptors (Lipinski definition) is 7. The average molecular weight is 369 g/mol. The molecule has 1 amide bonds. The van der Waals surface area contributed by atoms with Gasteiger partial charge < -0.3 is 24.6 Å². The number of anilines is 2. The molecule has 0 atom stereocenters. The molecule has 8 heteroatoms. The van der Waals surface area contributed by atoms with E-state index in [-0.39, 0.29) is 12.7 Å². The number of piperazine rings is 1. The Morgan fingerprint density at radius 3 is 2.67 bits per heavy atom. The summed E-state index contributed by atoms with van der Waals surface area (Å²) in [5.74, 6) is 2.87. The van der Waals surface area contributed by atoms with Crippen LogP contribution in [0.2, 0.25) is 0 Å². The van der Waals surface area contributed by atoms with E-state index in [4.69, 9.17) is 9.47 Å². The smallest absolute Gasteiger partial charge is 0.254 e. The number of aryl methyl sites for hydroxylation is 1. The molecule has 2 aliphatic heterocycles. The molecule has 1 N–H and O–H groups in total. The zero-order valence-corrected chi connectivity index (χ0v) is 15.6. The van der Waals surface area contributed by atoms with Crippen LogP contribution >= 0.6 is 0 Å². The summed E-state index contributed by atoms with van der Waals surface area (Å²) in [5.41, 5.74) is 1.55. The van der Waals surface area contributed by atoms with Crippen molar-refractivity contribution in [3.8, 4) is 11.5 Å². The number of rotatable bonds is 4. The Kier molecular flexibility index (Phi) is 4.70. The molecular formula is C19H23N5O3. The van der Waals surface area contributed by atoms with Crippen molar-refractivity contribution in [1.29, 1.82) is 0 Å². The highest BCUT2D eigenvalue weighted by Crippen LogP contribution is 2.33. The highest BCUT2D eigenvalue weighted by molar-refractivity contribution is 5.95. The Labute approximate surface area is 158 Å². The van der Waals surface area contributed by atoms with Crippen LogP contribution in [0, 0.1) is 6.92 Å². The second-order valence-electron chi connectivity index (χ2n) is 6.57. The first kappa shape index (κ1) is 17.4. The van der Waals surface area contributed by atoms with Gasteiger partial charge in [0.2, 0.25) is 12.7 Å². The van der Waals surface area contributed by atoms with Crippen molar-refractivity contribution < 1.29 is 14.3 Å². The third-order valence-corrected chi connectivity index (χ3v) is 4.69. The molecule has 0 bridgehead atoms. The van der Waals surface area contributed by atoms with Gasteiger partial charge in [-0.25, -0.2) is 4.98 Å². The van der Waals surface area contributed by atoms with Crippen LogP contribution in [-0.2, 0) is 0 Å². The molecule has 0 saturated carbocycles. The van der Waals surface area contributed by atoms with Crippen LogP contribution in [0.1, 0.15) is 23.0 Å². The standard InChI is InChI=1S/C19H23N5O3/c1-3-20-19-21-13(2)10-17(22-19)23-6-8-24(9-7-23)18(25)14-4-5-15-16(11-14)27-12-26-15/h4-5,10-11H,3,6-9,12H2,1-2H3,(H,20,21,22). The largest absolute Gasteiger partial charge is 0.454 e. The molecule has 1 aromatic heterocycles. The van der Waals surface area contributed by atoms with E-state index in [2.05, 4.69) is 20.2 Å². The van der Waals surface area contributed by atoms with Crippen molar-refractivity contribution in [2.45, 2.75) is 13.8 Å². The summed E-state index contributed by atoms with van der Waals surface area (Å²) in [6.45, 7) is 7.73. The first-order valence-corrected chi connectivity index (χ1v) is 9.17. The van der Waals surface area contributed by atoms with E-state index in [9.17, 15) is 4.79 Å². The lowest BCUT2D eigenvalue weighted by atomic mass is 10.1. The molecule has 0 radical (unpaired) electrons. The summed E-state index contributed by atoms with van der Waals surface area (Å²) >= 11 is 0. The minimum absolute atomic E-state index is 0.0140. The Balaban J connectivity index is 1.42. The molecule has 1 fully saturated rings. The van der Waals surface area contributed by atoms with Gasteiger partial charge in [-0.15, -0.1) is 0 Å². The quantitative estimate of drug-likeness (QED) is 0.882. The lowest BCUT2D eigenvalue weighted by molar-refractivity contribution is 0.0746. The van der Waals surface area contributed by atoms with Gasteiger partial charge in [0.25, 0.3) is 5.91 Å². The van der Waals surface area contributed by atoms with E-state index < -0.39 is 0 Å². The Morgan fingerprint density at radius 1 is 1.11 bits per heavy atom. The number of ether oxygens (including phenoxy) is 2. The van der Waals surface area contributed by atoms with Crippen LogP contribution in [0.5, 0.6) is 11.5 Å². The number of amides is 1. The Morgan fingerprint density at radius 2 is 1.89 bits per heavy atom. The summed E-state index contributed by atoms with van der Waals surface area (Å²) in [7, 11) is 0. The second-order valence-corrected chi connectivity index (χ2v) is 6.57. The third kappa shape index (κ3) is 3.60. The van der Waals surface area contributed by atoms with E-state index >= 15 is 0 Å². The van der Waals surface area contributed by atoms with Crippen LogP contribution in [0.3, 0.4) is 0 Å². The fraction of sp³-hybridized carbons (Fsp3) is 0.421. The third-order valence-electron chi connectivity index (χ3n) is 4.69. The van der Waals surface area contributed by atoms with Crippen molar-refractivity contribution in [2.24, 2.45) is 0 Å². The highest BCUT2D eigenvalue weighted by Gasteiger charge is 2.25. The molecule has 8 nitrogen and oxygen atoms in total. The molecule has 27 heavy (non-hydrogen) atoms. The fourth-order valence-electron chi connectivity index (χ4n) is 3.30. The van der Waals surface area contributed by atoms with Gasteiger partial charge in [-0.3, -0.25) is 4.79 Å². The number of carbonyl (C=O) groups excluding carboxylic acids is 1. The zero-order valence-electron chi connectivity index (χ0n) is 15.6. The summed E-state index contributed by atoms with van der Waals surface area (Å²) in [4.78, 5) is 25.9. The number of fused-ring (bicyclic) bond motifs is 1. The lowest BCUT2D eigenvalue weighted by Crippen LogP contribution is -2.49. The molecule has 2 aliphatic rings. The molecule has 0 spiro atoms. The maximum atomic E-state index is 12.8. The van der Waals surface area contributed by atoms with E-state index in [0.29, 0.717) is 36.1 Å². The summed E-state index contributed by atoms with van der Waals surface area (Å²) < 4.78 is 10.7. The topological polar surface area (TPSA) is 79.8 Å². The molecule has 0 aliphatic carbocycles. The van der Waals surface area contributed by atoms with Crippen LogP contribution in [0.25, 0.3) is 0 Å². The average Bonchev–Trinajstić information content (AvgIpc) is 3.15. The van der Waals surface area contributed by atoms with Gasteiger partial charge in [0.05, 0.1) is 0 Å². The van der Waals surface area contributed by atoms with Crippen molar-refractivity contribution in [3.05, 3.63) is 35.5 Å². The molecular weight excluding hydrogens is 346 g/mol. The van der Waals surface area contributed by atoms with Gasteiger partial charge in [0.15, 0.2) is 11.5 Å². The second kappa shape index (κ2) is 7.30. The molecule has 3 heterocycles. The van der Waals surface area contributed by atoms with Crippen molar-refractivity contribution in [3.63, 3.8) is 0 Å². The first-order valence-electron chi connectivity index (χ1n) is 9.17. The van der Waals surface area contributed by atoms with Crippen LogP contribution in [0.15, 0.2) is 24.3 Å². The summed E-state index contributed by atoms with van der Waals surface area (Å²) in [6, 6.07) is 7.32. The molecule has 1 aromatic carbocycles. The van der Waals surface area contributed by atoms with Crippen molar-refractivity contribution >= 4 is 17.7 Å². The number of nitrogens with one attached hydrogen (secondary N) is 1. The zero-order chi connectivity index (χ0) is 18.8. The van der Waals surface area contributed by atoms with Gasteiger partial charge in [-0.05, 0) is 32.0 Å². The van der Waals surface area contributed by atoms with Crippen molar-refractivity contribution in [1.82, 2.24) is 14.9 Å². The predicted octanol–water partition coefficient (Wildman–Crippen LogP) is 1.91. The van der Waals surface area contributed by atoms with Crippen molar-refractivity contribution in [2.75, 3.05) is 49.7 Å². The lowest BCUT2D eigenvalue weighted by Gasteiger charge is -2.35. The number of aromatic nitrogens is 2. The molecule has 0 unspecified atom stereocenters. The number of carbonyl (C=O) groups is 1. The minimum Gasteiger partial charge on any atom is -0.454 e. The van der Waals surface area contributed by atoms with Crippen LogP contribution < -0.4 is 19.7 Å². The van der Waals surface area contributed by atoms with E-state index in [1.807, 2.05) is 24.8 Å². The van der Waals surface area contributed by atoms with E-state index in [1.54, 1.807) is 18.2 Å². The SMILES string of the molecule is CCNc1nc(C)cc(N2CCN(C(=O)c3ccc4c(c3)OCO4)CC2)n1. The van der Waals surface area contributed by atoms with E-state index in [0.717, 1.165) is 31.1 Å². The predicted molar refractivity (Wildman–Crippen MR) is 102 cm³/mol. The van der Waals surface area contributed by atoms with Gasteiger partial charge in [0.1, 0.15) is 5.82 Å². The van der Waals surface area contributed by atoms with Crippen LogP contribution in [-0.4, -0.2) is 60.3 Å². The summed E-state index contributed by atoms with van der Waals surface area (Å²) in [6.07, 6.45) is 0. The van der Waals surface area contributed by atoms with E-state index in [1.165, 1.54) is 0 Å². The maximum Gasteiger partial charge on any atom is 0.254 e. The highest BCUT2D eigenvalue weighted by atomic mass is 16.7. The molecule has 1 saturated heterocycles. The number of benzene rings is 1. The van der Waals surface area contributed by atoms with Gasteiger partial charge >= 0.3 is 0 Å². The normalized spacial score (nSPS) is 15.8. The van der Waals surface area contributed by atoms with Gasteiger partial charge in [-0.1, -0.05) is 0 Å². The monoisotopic (exact) mass is 369 g/mol. The summed E-state index contributed by atoms with van der Waals surface area (Å²) in [5, 5.41) is 3.16. The van der Waals surface area contributed by atoms with Gasteiger partial charge in [-0.2, -0.15) is 4.98 Å². The number of nitrogens with zero attached hydrogens (tertiary/aromatic N) is 4. The van der Waals surface area contributed by atoms with Crippen LogP contribution in [0.4, 0.5) is 11.8 Å².